The zero-order valence-corrected chi connectivity index (χ0v) is 13.4. The zero-order valence-electron chi connectivity index (χ0n) is 11.0. The fraction of sp³-hybridized carbons (Fsp3) is 0.538. The van der Waals surface area contributed by atoms with Gasteiger partial charge in [-0.15, -0.1) is 0 Å². The molecule has 2 unspecified atom stereocenters. The van der Waals surface area contributed by atoms with Gasteiger partial charge in [0, 0.05) is 33.3 Å². The van der Waals surface area contributed by atoms with Crippen molar-refractivity contribution in [2.45, 2.75) is 25.1 Å². The number of nitrogens with one attached hydrogen (secondary N) is 1. The molecule has 0 aromatic heterocycles. The lowest BCUT2D eigenvalue weighted by molar-refractivity contribution is 0.414. The van der Waals surface area contributed by atoms with Crippen LogP contribution in [0.5, 0.6) is 5.75 Å². The summed E-state index contributed by atoms with van der Waals surface area (Å²) in [7, 11) is 0.926. The van der Waals surface area contributed by atoms with Gasteiger partial charge >= 0.3 is 0 Å². The fourth-order valence-corrected chi connectivity index (χ4v) is 2.44. The lowest BCUT2D eigenvalue weighted by Crippen LogP contribution is -2.21. The van der Waals surface area contributed by atoms with E-state index in [4.69, 9.17) is 4.74 Å². The van der Waals surface area contributed by atoms with Crippen molar-refractivity contribution in [3.05, 3.63) is 28.2 Å². The molecule has 0 heterocycles. The van der Waals surface area contributed by atoms with Gasteiger partial charge in [0.2, 0.25) is 0 Å². The molecule has 0 bridgehead atoms. The Kier molecular flexibility index (Phi) is 6.89. The van der Waals surface area contributed by atoms with Crippen LogP contribution in [0.4, 0.5) is 0 Å². The Bertz CT molecular complexity index is 412. The number of hydrogen-bond donors (Lipinski definition) is 1. The van der Waals surface area contributed by atoms with Crippen LogP contribution in [0.2, 0.25) is 0 Å². The molecule has 0 aliphatic carbocycles. The molecule has 0 aliphatic heterocycles. The number of ether oxygens (including phenoxy) is 1. The number of rotatable bonds is 7. The van der Waals surface area contributed by atoms with E-state index in [1.165, 1.54) is 5.56 Å². The second-order valence-electron chi connectivity index (χ2n) is 4.23. The maximum absolute atomic E-state index is 11.2. The first kappa shape index (κ1) is 15.7. The van der Waals surface area contributed by atoms with Gasteiger partial charge in [0.1, 0.15) is 5.75 Å². The van der Waals surface area contributed by atoms with Crippen molar-refractivity contribution in [1.29, 1.82) is 0 Å². The highest BCUT2D eigenvalue weighted by atomic mass is 79.9. The summed E-state index contributed by atoms with van der Waals surface area (Å²) in [6.45, 7) is 3.69. The standard InChI is InChI=1S/C13H20BrNO2S/c1-10(18(3)16)6-7-15-9-11-4-5-12(17-2)8-13(11)14/h4-5,8,10,15H,6-7,9H2,1-3H3. The maximum Gasteiger partial charge on any atom is 0.120 e. The number of hydrogen-bond acceptors (Lipinski definition) is 3. The Morgan fingerprint density at radius 1 is 1.50 bits per heavy atom. The third-order valence-corrected chi connectivity index (χ3v) is 4.98. The minimum atomic E-state index is -0.733. The van der Waals surface area contributed by atoms with Crippen molar-refractivity contribution >= 4 is 26.7 Å². The van der Waals surface area contributed by atoms with Crippen LogP contribution >= 0.6 is 15.9 Å². The van der Waals surface area contributed by atoms with Crippen molar-refractivity contribution in [3.8, 4) is 5.75 Å². The Morgan fingerprint density at radius 2 is 2.22 bits per heavy atom. The fourth-order valence-electron chi connectivity index (χ4n) is 1.49. The first-order valence-electron chi connectivity index (χ1n) is 5.90. The Hall–Kier alpha value is -0.390. The molecular weight excluding hydrogens is 314 g/mol. The zero-order chi connectivity index (χ0) is 13.5. The van der Waals surface area contributed by atoms with E-state index < -0.39 is 10.8 Å². The van der Waals surface area contributed by atoms with Crippen LogP contribution in [0.15, 0.2) is 22.7 Å². The third kappa shape index (κ3) is 5.08. The Balaban J connectivity index is 2.38. The maximum atomic E-state index is 11.2. The first-order valence-corrected chi connectivity index (χ1v) is 8.31. The average Bonchev–Trinajstić information content (AvgIpc) is 2.35. The van der Waals surface area contributed by atoms with Gasteiger partial charge in [-0.3, -0.25) is 4.21 Å². The van der Waals surface area contributed by atoms with E-state index in [0.717, 1.165) is 29.7 Å². The van der Waals surface area contributed by atoms with E-state index in [-0.39, 0.29) is 5.25 Å². The summed E-state index contributed by atoms with van der Waals surface area (Å²) in [5.74, 6) is 0.848. The predicted molar refractivity (Wildman–Crippen MR) is 80.5 cm³/mol. The summed E-state index contributed by atoms with van der Waals surface area (Å²) in [4.78, 5) is 0. The van der Waals surface area contributed by atoms with E-state index in [9.17, 15) is 4.21 Å². The highest BCUT2D eigenvalue weighted by molar-refractivity contribution is 9.10. The summed E-state index contributed by atoms with van der Waals surface area (Å²) >= 11 is 3.52. The summed E-state index contributed by atoms with van der Waals surface area (Å²) in [6, 6.07) is 5.95. The molecule has 102 valence electrons. The second kappa shape index (κ2) is 7.92. The topological polar surface area (TPSA) is 38.3 Å². The summed E-state index contributed by atoms with van der Waals surface area (Å²) in [5.41, 5.74) is 1.20. The van der Waals surface area contributed by atoms with E-state index in [1.54, 1.807) is 13.4 Å². The van der Waals surface area contributed by atoms with E-state index in [1.807, 2.05) is 25.1 Å². The molecule has 5 heteroatoms. The lowest BCUT2D eigenvalue weighted by atomic mass is 10.2. The van der Waals surface area contributed by atoms with Crippen LogP contribution in [0.3, 0.4) is 0 Å². The molecule has 1 aromatic carbocycles. The SMILES string of the molecule is COc1ccc(CNCCC(C)S(C)=O)c(Br)c1. The molecule has 0 fully saturated rings. The van der Waals surface area contributed by atoms with Crippen LogP contribution in [0.25, 0.3) is 0 Å². The predicted octanol–water partition coefficient (Wildman–Crippen LogP) is 2.70. The highest BCUT2D eigenvalue weighted by Gasteiger charge is 2.06. The van der Waals surface area contributed by atoms with E-state index >= 15 is 0 Å². The number of benzene rings is 1. The molecule has 0 amide bonds. The van der Waals surface area contributed by atoms with Crippen LogP contribution in [-0.4, -0.2) is 29.4 Å². The van der Waals surface area contributed by atoms with Gasteiger partial charge in [-0.25, -0.2) is 0 Å². The van der Waals surface area contributed by atoms with Gasteiger partial charge < -0.3 is 10.1 Å². The molecule has 18 heavy (non-hydrogen) atoms. The van der Waals surface area contributed by atoms with Gasteiger partial charge in [-0.05, 0) is 30.7 Å². The second-order valence-corrected chi connectivity index (χ2v) is 6.89. The summed E-state index contributed by atoms with van der Waals surface area (Å²) in [5, 5.41) is 3.61. The van der Waals surface area contributed by atoms with Crippen LogP contribution < -0.4 is 10.1 Å². The first-order chi connectivity index (χ1) is 8.54. The highest BCUT2D eigenvalue weighted by Crippen LogP contribution is 2.22. The molecule has 0 spiro atoms. The molecule has 2 atom stereocenters. The molecule has 3 nitrogen and oxygen atoms in total. The quantitative estimate of drug-likeness (QED) is 0.779. The van der Waals surface area contributed by atoms with Gasteiger partial charge in [0.05, 0.1) is 7.11 Å². The third-order valence-electron chi connectivity index (χ3n) is 2.87. The smallest absolute Gasteiger partial charge is 0.120 e. The summed E-state index contributed by atoms with van der Waals surface area (Å²) in [6.07, 6.45) is 2.68. The minimum absolute atomic E-state index is 0.247. The molecule has 1 N–H and O–H groups in total. The van der Waals surface area contributed by atoms with Gasteiger partial charge in [0.15, 0.2) is 0 Å². The molecule has 1 rings (SSSR count). The molecule has 0 radical (unpaired) electrons. The van der Waals surface area contributed by atoms with Crippen molar-refractivity contribution in [3.63, 3.8) is 0 Å². The van der Waals surface area contributed by atoms with E-state index in [2.05, 4.69) is 21.2 Å². The molecular formula is C13H20BrNO2S. The summed E-state index contributed by atoms with van der Waals surface area (Å²) < 4.78 is 17.4. The molecule has 0 aliphatic rings. The van der Waals surface area contributed by atoms with Crippen LogP contribution in [-0.2, 0) is 17.3 Å². The molecule has 1 aromatic rings. The lowest BCUT2D eigenvalue weighted by Gasteiger charge is -2.10. The monoisotopic (exact) mass is 333 g/mol. The van der Waals surface area contributed by atoms with Crippen molar-refractivity contribution < 1.29 is 8.95 Å². The van der Waals surface area contributed by atoms with E-state index in [0.29, 0.717) is 0 Å². The van der Waals surface area contributed by atoms with Gasteiger partial charge in [-0.1, -0.05) is 28.9 Å². The normalized spacial score (nSPS) is 14.2. The van der Waals surface area contributed by atoms with Gasteiger partial charge in [0.25, 0.3) is 0 Å². The average molecular weight is 334 g/mol. The van der Waals surface area contributed by atoms with Crippen molar-refractivity contribution in [2.75, 3.05) is 19.9 Å². The van der Waals surface area contributed by atoms with Crippen molar-refractivity contribution in [1.82, 2.24) is 5.32 Å². The molecule has 0 saturated carbocycles. The van der Waals surface area contributed by atoms with Gasteiger partial charge in [-0.2, -0.15) is 0 Å². The molecule has 0 saturated heterocycles. The Labute approximate surface area is 120 Å². The minimum Gasteiger partial charge on any atom is -0.497 e. The van der Waals surface area contributed by atoms with Crippen LogP contribution in [0, 0.1) is 0 Å². The Morgan fingerprint density at radius 3 is 2.78 bits per heavy atom. The largest absolute Gasteiger partial charge is 0.497 e. The van der Waals surface area contributed by atoms with Crippen molar-refractivity contribution in [2.24, 2.45) is 0 Å². The number of methoxy groups -OCH3 is 1. The van der Waals surface area contributed by atoms with Crippen LogP contribution in [0.1, 0.15) is 18.9 Å². The number of halogens is 1.